The SMILES string of the molecule is Cc1ccc(N2CC(C(=O)N3CCC(c4nc5ccccc5[nH]4)CC3)CC2=O)c(F)c1. The Morgan fingerprint density at radius 2 is 1.94 bits per heavy atom. The van der Waals surface area contributed by atoms with Gasteiger partial charge in [0.05, 0.1) is 22.6 Å². The van der Waals surface area contributed by atoms with Crippen molar-refractivity contribution >= 4 is 28.5 Å². The first-order valence-electron chi connectivity index (χ1n) is 10.8. The molecule has 6 nitrogen and oxygen atoms in total. The number of benzene rings is 2. The van der Waals surface area contributed by atoms with Crippen LogP contribution in [0.2, 0.25) is 0 Å². The van der Waals surface area contributed by atoms with Crippen LogP contribution in [-0.2, 0) is 9.59 Å². The molecule has 2 aliphatic heterocycles. The average Bonchev–Trinajstić information content (AvgIpc) is 3.37. The highest BCUT2D eigenvalue weighted by atomic mass is 19.1. The van der Waals surface area contributed by atoms with Crippen molar-refractivity contribution in [2.45, 2.75) is 32.1 Å². The highest BCUT2D eigenvalue weighted by molar-refractivity contribution is 6.00. The third-order valence-corrected chi connectivity index (χ3v) is 6.47. The quantitative estimate of drug-likeness (QED) is 0.701. The van der Waals surface area contributed by atoms with Crippen molar-refractivity contribution in [3.05, 3.63) is 59.7 Å². The number of halogens is 1. The predicted molar refractivity (Wildman–Crippen MR) is 116 cm³/mol. The smallest absolute Gasteiger partial charge is 0.228 e. The molecule has 2 aromatic carbocycles. The first-order valence-corrected chi connectivity index (χ1v) is 10.8. The number of aromatic amines is 1. The predicted octanol–water partition coefficient (Wildman–Crippen LogP) is 3.77. The molecule has 5 rings (SSSR count). The second-order valence-electron chi connectivity index (χ2n) is 8.60. The molecule has 1 N–H and O–H groups in total. The Morgan fingerprint density at radius 1 is 1.16 bits per heavy atom. The highest BCUT2D eigenvalue weighted by Crippen LogP contribution is 2.32. The summed E-state index contributed by atoms with van der Waals surface area (Å²) in [5.74, 6) is 0.221. The number of fused-ring (bicyclic) bond motifs is 1. The van der Waals surface area contributed by atoms with Crippen LogP contribution in [0.3, 0.4) is 0 Å². The fourth-order valence-electron chi connectivity index (χ4n) is 4.73. The Hall–Kier alpha value is -3.22. The number of H-pyrrole nitrogens is 1. The summed E-state index contributed by atoms with van der Waals surface area (Å²) in [6.45, 7) is 3.33. The van der Waals surface area contributed by atoms with Crippen LogP contribution in [0, 0.1) is 18.7 Å². The van der Waals surface area contributed by atoms with Gasteiger partial charge in [-0.3, -0.25) is 9.59 Å². The zero-order chi connectivity index (χ0) is 21.5. The van der Waals surface area contributed by atoms with Crippen molar-refractivity contribution < 1.29 is 14.0 Å². The molecule has 0 aliphatic carbocycles. The van der Waals surface area contributed by atoms with Gasteiger partial charge in [0.25, 0.3) is 0 Å². The van der Waals surface area contributed by atoms with E-state index in [0.717, 1.165) is 35.3 Å². The topological polar surface area (TPSA) is 69.3 Å². The molecule has 2 amide bonds. The molecule has 1 atom stereocenters. The minimum Gasteiger partial charge on any atom is -0.342 e. The van der Waals surface area contributed by atoms with E-state index in [9.17, 15) is 14.0 Å². The van der Waals surface area contributed by atoms with E-state index in [2.05, 4.69) is 4.98 Å². The van der Waals surface area contributed by atoms with Crippen LogP contribution in [-0.4, -0.2) is 46.3 Å². The number of para-hydroxylation sites is 2. The summed E-state index contributed by atoms with van der Waals surface area (Å²) in [5, 5.41) is 0. The van der Waals surface area contributed by atoms with Gasteiger partial charge < -0.3 is 14.8 Å². The molecule has 1 aromatic heterocycles. The first kappa shape index (κ1) is 19.7. The Labute approximate surface area is 180 Å². The molecule has 0 spiro atoms. The van der Waals surface area contributed by atoms with E-state index in [1.54, 1.807) is 19.1 Å². The molecule has 160 valence electrons. The largest absolute Gasteiger partial charge is 0.342 e. The molecule has 3 aromatic rings. The minimum absolute atomic E-state index is 0.00794. The molecule has 2 aliphatic rings. The second-order valence-corrected chi connectivity index (χ2v) is 8.60. The number of aryl methyl sites for hydroxylation is 1. The van der Waals surface area contributed by atoms with Crippen LogP contribution in [0.5, 0.6) is 0 Å². The molecule has 3 heterocycles. The minimum atomic E-state index is -0.423. The molecular formula is C24H25FN4O2. The van der Waals surface area contributed by atoms with Gasteiger partial charge in [-0.25, -0.2) is 9.37 Å². The number of imidazole rings is 1. The average molecular weight is 420 g/mol. The van der Waals surface area contributed by atoms with E-state index in [0.29, 0.717) is 19.0 Å². The number of carbonyl (C=O) groups excluding carboxylic acids is 2. The zero-order valence-corrected chi connectivity index (χ0v) is 17.5. The highest BCUT2D eigenvalue weighted by Gasteiger charge is 2.39. The lowest BCUT2D eigenvalue weighted by Gasteiger charge is -2.32. The lowest BCUT2D eigenvalue weighted by atomic mass is 9.95. The van der Waals surface area contributed by atoms with Crippen LogP contribution >= 0.6 is 0 Å². The lowest BCUT2D eigenvalue weighted by Crippen LogP contribution is -2.42. The second kappa shape index (κ2) is 7.80. The van der Waals surface area contributed by atoms with Crippen LogP contribution < -0.4 is 4.90 Å². The number of likely N-dealkylation sites (tertiary alicyclic amines) is 1. The number of hydrogen-bond donors (Lipinski definition) is 1. The number of amides is 2. The normalized spacial score (nSPS) is 20.1. The fourth-order valence-corrected chi connectivity index (χ4v) is 4.73. The van der Waals surface area contributed by atoms with E-state index in [4.69, 9.17) is 4.98 Å². The molecule has 2 fully saturated rings. The maximum absolute atomic E-state index is 14.3. The number of aromatic nitrogens is 2. The summed E-state index contributed by atoms with van der Waals surface area (Å²) < 4.78 is 14.3. The van der Waals surface area contributed by atoms with Gasteiger partial charge in [0.15, 0.2) is 0 Å². The fraction of sp³-hybridized carbons (Fsp3) is 0.375. The summed E-state index contributed by atoms with van der Waals surface area (Å²) in [5.41, 5.74) is 3.05. The van der Waals surface area contributed by atoms with Crippen LogP contribution in [0.4, 0.5) is 10.1 Å². The van der Waals surface area contributed by atoms with E-state index in [-0.39, 0.29) is 30.5 Å². The van der Waals surface area contributed by atoms with Crippen molar-refractivity contribution in [1.29, 1.82) is 0 Å². The van der Waals surface area contributed by atoms with E-state index in [1.165, 1.54) is 11.0 Å². The summed E-state index contributed by atoms with van der Waals surface area (Å²) in [6.07, 6.45) is 1.81. The van der Waals surface area contributed by atoms with E-state index >= 15 is 0 Å². The first-order chi connectivity index (χ1) is 15.0. The monoisotopic (exact) mass is 420 g/mol. The maximum atomic E-state index is 14.3. The van der Waals surface area contributed by atoms with Gasteiger partial charge in [0.1, 0.15) is 11.6 Å². The lowest BCUT2D eigenvalue weighted by molar-refractivity contribution is -0.136. The van der Waals surface area contributed by atoms with Gasteiger partial charge in [-0.2, -0.15) is 0 Å². The Balaban J connectivity index is 1.23. The molecule has 31 heavy (non-hydrogen) atoms. The molecule has 2 saturated heterocycles. The Kier molecular flexibility index (Phi) is 4.96. The van der Waals surface area contributed by atoms with Gasteiger partial charge in [-0.1, -0.05) is 18.2 Å². The summed E-state index contributed by atoms with van der Waals surface area (Å²) in [4.78, 5) is 37.0. The van der Waals surface area contributed by atoms with Gasteiger partial charge in [0, 0.05) is 32.0 Å². The molecule has 0 bridgehead atoms. The molecular weight excluding hydrogens is 395 g/mol. The number of piperidine rings is 1. The number of hydrogen-bond acceptors (Lipinski definition) is 3. The molecule has 1 unspecified atom stereocenters. The number of anilines is 1. The van der Waals surface area contributed by atoms with Crippen molar-refractivity contribution in [3.63, 3.8) is 0 Å². The van der Waals surface area contributed by atoms with Gasteiger partial charge in [0.2, 0.25) is 11.8 Å². The van der Waals surface area contributed by atoms with E-state index < -0.39 is 11.7 Å². The van der Waals surface area contributed by atoms with Gasteiger partial charge in [-0.15, -0.1) is 0 Å². The van der Waals surface area contributed by atoms with E-state index in [1.807, 2.05) is 29.2 Å². The van der Waals surface area contributed by atoms with Gasteiger partial charge >= 0.3 is 0 Å². The number of carbonyl (C=O) groups is 2. The van der Waals surface area contributed by atoms with Crippen LogP contribution in [0.25, 0.3) is 11.0 Å². The van der Waals surface area contributed by atoms with Crippen LogP contribution in [0.15, 0.2) is 42.5 Å². The summed E-state index contributed by atoms with van der Waals surface area (Å²) in [6, 6.07) is 12.8. The van der Waals surface area contributed by atoms with Crippen molar-refractivity contribution in [2.75, 3.05) is 24.5 Å². The maximum Gasteiger partial charge on any atom is 0.228 e. The summed E-state index contributed by atoms with van der Waals surface area (Å²) in [7, 11) is 0. The van der Waals surface area contributed by atoms with Crippen molar-refractivity contribution in [3.8, 4) is 0 Å². The van der Waals surface area contributed by atoms with Crippen LogP contribution in [0.1, 0.15) is 36.6 Å². The zero-order valence-electron chi connectivity index (χ0n) is 17.5. The molecule has 0 radical (unpaired) electrons. The summed E-state index contributed by atoms with van der Waals surface area (Å²) >= 11 is 0. The number of rotatable bonds is 3. The standard InChI is InChI=1S/C24H25FN4O2/c1-15-6-7-21(18(25)12-15)29-14-17(13-22(29)30)24(31)28-10-8-16(9-11-28)23-26-19-4-2-3-5-20(19)27-23/h2-7,12,16-17H,8-11,13-14H2,1H3,(H,26,27). The molecule has 7 heteroatoms. The van der Waals surface area contributed by atoms with Crippen molar-refractivity contribution in [2.24, 2.45) is 5.92 Å². The van der Waals surface area contributed by atoms with Crippen molar-refractivity contribution in [1.82, 2.24) is 14.9 Å². The molecule has 0 saturated carbocycles. The number of nitrogens with one attached hydrogen (secondary N) is 1. The third kappa shape index (κ3) is 3.69. The van der Waals surface area contributed by atoms with Gasteiger partial charge in [-0.05, 0) is 49.6 Å². The third-order valence-electron chi connectivity index (χ3n) is 6.47. The Bertz CT molecular complexity index is 1120. The Morgan fingerprint density at radius 3 is 2.68 bits per heavy atom. The number of nitrogens with zero attached hydrogens (tertiary/aromatic N) is 3.